The summed E-state index contributed by atoms with van der Waals surface area (Å²) in [6, 6.07) is 18.5. The van der Waals surface area contributed by atoms with E-state index in [9.17, 15) is 9.59 Å². The molecule has 2 aromatic heterocycles. The van der Waals surface area contributed by atoms with Gasteiger partial charge in [0.15, 0.2) is 0 Å². The van der Waals surface area contributed by atoms with Gasteiger partial charge in [0.2, 0.25) is 0 Å². The molecular formula is C23H19N3O2S2. The second kappa shape index (κ2) is 8.61. The first-order chi connectivity index (χ1) is 14.5. The molecule has 0 spiro atoms. The number of aryl methyl sites for hydroxylation is 1. The molecule has 4 rings (SSSR count). The van der Waals surface area contributed by atoms with Crippen LogP contribution in [-0.4, -0.2) is 16.8 Å². The number of nitrogens with one attached hydrogen (secondary N) is 2. The van der Waals surface area contributed by atoms with Crippen molar-refractivity contribution in [3.05, 3.63) is 87.7 Å². The molecule has 2 heterocycles. The number of nitrogens with zero attached hydrogens (tertiary/aromatic N) is 1. The largest absolute Gasteiger partial charge is 0.322 e. The molecule has 2 amide bonds. The average molecular weight is 434 g/mol. The van der Waals surface area contributed by atoms with Crippen molar-refractivity contribution in [3.8, 4) is 9.88 Å². The van der Waals surface area contributed by atoms with Crippen LogP contribution in [-0.2, 0) is 0 Å². The Morgan fingerprint density at radius 2 is 1.67 bits per heavy atom. The van der Waals surface area contributed by atoms with Gasteiger partial charge in [0.05, 0.1) is 10.6 Å². The van der Waals surface area contributed by atoms with Crippen LogP contribution in [0.25, 0.3) is 9.88 Å². The lowest BCUT2D eigenvalue weighted by Gasteiger charge is -2.12. The highest BCUT2D eigenvalue weighted by Gasteiger charge is 2.19. The summed E-state index contributed by atoms with van der Waals surface area (Å²) in [6.07, 6.45) is 0. The third-order valence-corrected chi connectivity index (χ3v) is 6.79. The summed E-state index contributed by atoms with van der Waals surface area (Å²) in [6.45, 7) is 3.66. The zero-order valence-electron chi connectivity index (χ0n) is 16.4. The van der Waals surface area contributed by atoms with Crippen LogP contribution in [0.15, 0.2) is 66.0 Å². The van der Waals surface area contributed by atoms with E-state index >= 15 is 0 Å². The van der Waals surface area contributed by atoms with Gasteiger partial charge in [-0.05, 0) is 55.1 Å². The van der Waals surface area contributed by atoms with Crippen LogP contribution >= 0.6 is 22.7 Å². The van der Waals surface area contributed by atoms with Crippen LogP contribution < -0.4 is 10.6 Å². The van der Waals surface area contributed by atoms with E-state index in [-0.39, 0.29) is 11.8 Å². The molecular weight excluding hydrogens is 414 g/mol. The third kappa shape index (κ3) is 4.17. The number of aromatic nitrogens is 1. The fourth-order valence-corrected chi connectivity index (χ4v) is 4.79. The molecule has 2 aromatic carbocycles. The van der Waals surface area contributed by atoms with Crippen LogP contribution in [0.4, 0.5) is 11.4 Å². The van der Waals surface area contributed by atoms with Crippen molar-refractivity contribution < 1.29 is 9.59 Å². The minimum atomic E-state index is -0.225. The van der Waals surface area contributed by atoms with Crippen LogP contribution in [0.5, 0.6) is 0 Å². The molecule has 2 N–H and O–H groups in total. The summed E-state index contributed by atoms with van der Waals surface area (Å²) in [5.74, 6) is -0.444. The number of thiazole rings is 1. The second-order valence-electron chi connectivity index (χ2n) is 6.66. The van der Waals surface area contributed by atoms with Crippen LogP contribution in [0, 0.1) is 13.8 Å². The summed E-state index contributed by atoms with van der Waals surface area (Å²) in [5.41, 5.74) is 3.23. The van der Waals surface area contributed by atoms with Crippen molar-refractivity contribution in [2.75, 3.05) is 10.6 Å². The van der Waals surface area contributed by atoms with Gasteiger partial charge in [0, 0.05) is 16.9 Å². The molecule has 0 saturated heterocycles. The highest BCUT2D eigenvalue weighted by Crippen LogP contribution is 2.32. The third-order valence-electron chi connectivity index (χ3n) is 4.59. The van der Waals surface area contributed by atoms with Crippen LogP contribution in [0.1, 0.15) is 31.3 Å². The molecule has 0 radical (unpaired) electrons. The van der Waals surface area contributed by atoms with Gasteiger partial charge in [-0.25, -0.2) is 4.98 Å². The van der Waals surface area contributed by atoms with E-state index < -0.39 is 0 Å². The van der Waals surface area contributed by atoms with Gasteiger partial charge in [-0.2, -0.15) is 0 Å². The zero-order valence-corrected chi connectivity index (χ0v) is 18.1. The minimum absolute atomic E-state index is 0.219. The van der Waals surface area contributed by atoms with Gasteiger partial charge in [0.25, 0.3) is 11.8 Å². The van der Waals surface area contributed by atoms with Gasteiger partial charge >= 0.3 is 0 Å². The van der Waals surface area contributed by atoms with E-state index in [2.05, 4.69) is 15.6 Å². The molecule has 4 aromatic rings. The summed E-state index contributed by atoms with van der Waals surface area (Å²) >= 11 is 2.96. The van der Waals surface area contributed by atoms with Gasteiger partial charge < -0.3 is 10.6 Å². The zero-order chi connectivity index (χ0) is 21.1. The first-order valence-corrected chi connectivity index (χ1v) is 11.0. The Morgan fingerprint density at radius 1 is 0.867 bits per heavy atom. The van der Waals surface area contributed by atoms with E-state index in [0.29, 0.717) is 27.4 Å². The monoisotopic (exact) mass is 433 g/mol. The maximum atomic E-state index is 12.9. The Hall–Kier alpha value is -3.29. The average Bonchev–Trinajstić information content (AvgIpc) is 3.40. The molecule has 0 aliphatic carbocycles. The first-order valence-electron chi connectivity index (χ1n) is 9.31. The normalized spacial score (nSPS) is 10.6. The van der Waals surface area contributed by atoms with Gasteiger partial charge in [-0.3, -0.25) is 9.59 Å². The molecule has 0 unspecified atom stereocenters. The second-order valence-corrected chi connectivity index (χ2v) is 8.61. The number of amides is 2. The Balaban J connectivity index is 1.55. The SMILES string of the molecule is Cc1nc(-c2cccs2)sc1C(=O)Nc1cccc(C(=O)Nc2ccccc2)c1C. The molecule has 0 aliphatic heterocycles. The Labute approximate surface area is 182 Å². The lowest BCUT2D eigenvalue weighted by Crippen LogP contribution is -2.16. The van der Waals surface area contributed by atoms with Gasteiger partial charge in [-0.1, -0.05) is 30.3 Å². The van der Waals surface area contributed by atoms with Crippen molar-refractivity contribution in [1.29, 1.82) is 0 Å². The molecule has 150 valence electrons. The van der Waals surface area contributed by atoms with Crippen molar-refractivity contribution in [3.63, 3.8) is 0 Å². The molecule has 5 nitrogen and oxygen atoms in total. The van der Waals surface area contributed by atoms with E-state index in [1.807, 2.05) is 61.7 Å². The predicted octanol–water partition coefficient (Wildman–Crippen LogP) is 5.99. The van der Waals surface area contributed by atoms with Crippen molar-refractivity contribution >= 4 is 45.9 Å². The molecule has 7 heteroatoms. The smallest absolute Gasteiger partial charge is 0.267 e. The molecule has 0 atom stereocenters. The van der Waals surface area contributed by atoms with E-state index in [0.717, 1.165) is 15.6 Å². The molecule has 0 bridgehead atoms. The number of hydrogen-bond donors (Lipinski definition) is 2. The highest BCUT2D eigenvalue weighted by atomic mass is 32.1. The van der Waals surface area contributed by atoms with E-state index in [4.69, 9.17) is 0 Å². The standard InChI is InChI=1S/C23H19N3O2S2/c1-14-17(21(27)25-16-8-4-3-5-9-16)10-6-11-18(14)26-22(28)20-15(2)24-23(30-20)19-12-7-13-29-19/h3-13H,1-2H3,(H,25,27)(H,26,28). The van der Waals surface area contributed by atoms with Crippen molar-refractivity contribution in [2.24, 2.45) is 0 Å². The fraction of sp³-hybridized carbons (Fsp3) is 0.0870. The number of thiophene rings is 1. The maximum absolute atomic E-state index is 12.9. The number of para-hydroxylation sites is 1. The van der Waals surface area contributed by atoms with Gasteiger partial charge in [0.1, 0.15) is 9.88 Å². The Morgan fingerprint density at radius 3 is 2.40 bits per heavy atom. The Bertz CT molecular complexity index is 1200. The number of rotatable bonds is 5. The van der Waals surface area contributed by atoms with Gasteiger partial charge in [-0.15, -0.1) is 22.7 Å². The van der Waals surface area contributed by atoms with E-state index in [1.165, 1.54) is 11.3 Å². The summed E-state index contributed by atoms with van der Waals surface area (Å²) in [5, 5.41) is 8.64. The number of carbonyl (C=O) groups excluding carboxylic acids is 2. The topological polar surface area (TPSA) is 71.1 Å². The van der Waals surface area contributed by atoms with Crippen molar-refractivity contribution in [1.82, 2.24) is 4.98 Å². The van der Waals surface area contributed by atoms with Crippen LogP contribution in [0.2, 0.25) is 0 Å². The molecule has 0 saturated carbocycles. The summed E-state index contributed by atoms with van der Waals surface area (Å²) in [7, 11) is 0. The van der Waals surface area contributed by atoms with Crippen molar-refractivity contribution in [2.45, 2.75) is 13.8 Å². The predicted molar refractivity (Wildman–Crippen MR) is 124 cm³/mol. The maximum Gasteiger partial charge on any atom is 0.267 e. The summed E-state index contributed by atoms with van der Waals surface area (Å²) < 4.78 is 0. The number of anilines is 2. The number of benzene rings is 2. The Kier molecular flexibility index (Phi) is 5.74. The summed E-state index contributed by atoms with van der Waals surface area (Å²) in [4.78, 5) is 31.7. The number of carbonyl (C=O) groups is 2. The highest BCUT2D eigenvalue weighted by molar-refractivity contribution is 7.22. The quantitative estimate of drug-likeness (QED) is 0.406. The molecule has 30 heavy (non-hydrogen) atoms. The minimum Gasteiger partial charge on any atom is -0.322 e. The first kappa shape index (κ1) is 20.0. The van der Waals surface area contributed by atoms with Crippen LogP contribution in [0.3, 0.4) is 0 Å². The van der Waals surface area contributed by atoms with E-state index in [1.54, 1.807) is 29.5 Å². The number of hydrogen-bond acceptors (Lipinski definition) is 5. The molecule has 0 fully saturated rings. The lowest BCUT2D eigenvalue weighted by atomic mass is 10.1. The lowest BCUT2D eigenvalue weighted by molar-refractivity contribution is 0.101. The fourth-order valence-electron chi connectivity index (χ4n) is 3.03. The molecule has 0 aliphatic rings.